The Morgan fingerprint density at radius 1 is 1.20 bits per heavy atom. The molecule has 5 nitrogen and oxygen atoms in total. The molecular formula is C24H27N3O2S. The molecule has 1 aromatic carbocycles. The molecule has 1 amide bonds. The number of hydrogen-bond donors (Lipinski definition) is 2. The second-order valence-corrected chi connectivity index (χ2v) is 8.30. The summed E-state index contributed by atoms with van der Waals surface area (Å²) in [5.41, 5.74) is 2.47. The minimum absolute atomic E-state index is 0.243. The maximum Gasteiger partial charge on any atom is 0.254 e. The van der Waals surface area contributed by atoms with Crippen molar-refractivity contribution < 1.29 is 9.21 Å². The van der Waals surface area contributed by atoms with Gasteiger partial charge >= 0.3 is 0 Å². The van der Waals surface area contributed by atoms with Gasteiger partial charge in [0.2, 0.25) is 0 Å². The van der Waals surface area contributed by atoms with E-state index in [9.17, 15) is 10.1 Å². The number of furan rings is 1. The van der Waals surface area contributed by atoms with Crippen LogP contribution in [0.15, 0.2) is 75.0 Å². The summed E-state index contributed by atoms with van der Waals surface area (Å²) in [6, 6.07) is 15.2. The van der Waals surface area contributed by atoms with E-state index < -0.39 is 5.92 Å². The van der Waals surface area contributed by atoms with Crippen molar-refractivity contribution in [3.8, 4) is 6.07 Å². The lowest BCUT2D eigenvalue weighted by Crippen LogP contribution is -2.30. The molecule has 2 aromatic rings. The third-order valence-electron chi connectivity index (χ3n) is 5.00. The Balaban J connectivity index is 1.88. The molecule has 6 heteroatoms. The largest absolute Gasteiger partial charge is 0.468 e. The predicted molar refractivity (Wildman–Crippen MR) is 122 cm³/mol. The van der Waals surface area contributed by atoms with Gasteiger partial charge in [-0.2, -0.15) is 5.26 Å². The van der Waals surface area contributed by atoms with Crippen molar-refractivity contribution in [3.63, 3.8) is 0 Å². The lowest BCUT2D eigenvalue weighted by Gasteiger charge is -2.28. The van der Waals surface area contributed by atoms with Gasteiger partial charge in [-0.1, -0.05) is 44.4 Å². The first-order valence-electron chi connectivity index (χ1n) is 10.3. The molecule has 1 atom stereocenters. The number of thioether (sulfide) groups is 1. The van der Waals surface area contributed by atoms with Gasteiger partial charge in [0.1, 0.15) is 5.76 Å². The van der Waals surface area contributed by atoms with Crippen LogP contribution in [0.2, 0.25) is 0 Å². The number of nitrogens with one attached hydrogen (secondary N) is 2. The highest BCUT2D eigenvalue weighted by Crippen LogP contribution is 2.41. The van der Waals surface area contributed by atoms with Crippen LogP contribution in [0, 0.1) is 11.3 Å². The van der Waals surface area contributed by atoms with Crippen LogP contribution in [0.1, 0.15) is 51.2 Å². The van der Waals surface area contributed by atoms with Crippen molar-refractivity contribution in [1.82, 2.24) is 5.32 Å². The molecule has 0 aliphatic carbocycles. The molecule has 0 bridgehead atoms. The maximum absolute atomic E-state index is 13.2. The number of nitrogens with zero attached hydrogens (tertiary/aromatic N) is 1. The molecule has 3 rings (SSSR count). The van der Waals surface area contributed by atoms with Gasteiger partial charge in [-0.05, 0) is 43.4 Å². The fourth-order valence-electron chi connectivity index (χ4n) is 3.49. The lowest BCUT2D eigenvalue weighted by atomic mass is 9.85. The number of allylic oxidation sites excluding steroid dienone is 2. The van der Waals surface area contributed by atoms with Crippen molar-refractivity contribution in [2.24, 2.45) is 0 Å². The second kappa shape index (κ2) is 10.7. The highest BCUT2D eigenvalue weighted by Gasteiger charge is 2.36. The summed E-state index contributed by atoms with van der Waals surface area (Å²) in [7, 11) is 0. The Morgan fingerprint density at radius 3 is 2.67 bits per heavy atom. The van der Waals surface area contributed by atoms with Crippen LogP contribution < -0.4 is 10.6 Å². The van der Waals surface area contributed by atoms with Crippen LogP contribution in [-0.4, -0.2) is 11.7 Å². The number of nitriles is 1. The Hall–Kier alpha value is -2.91. The van der Waals surface area contributed by atoms with E-state index in [1.807, 2.05) is 43.3 Å². The van der Waals surface area contributed by atoms with E-state index in [-0.39, 0.29) is 5.91 Å². The zero-order chi connectivity index (χ0) is 21.3. The fraction of sp³-hybridized carbons (Fsp3) is 0.333. The SMILES string of the molecule is CCCCCCSC1=C(C#N)[C@@H](c2ccco2)C(C(=O)Nc2ccccc2)=C(C)N1. The molecule has 2 heterocycles. The summed E-state index contributed by atoms with van der Waals surface area (Å²) in [4.78, 5) is 13.2. The van der Waals surface area contributed by atoms with Crippen LogP contribution in [-0.2, 0) is 4.79 Å². The number of amides is 1. The van der Waals surface area contributed by atoms with Crippen LogP contribution in [0.5, 0.6) is 0 Å². The fourth-order valence-corrected chi connectivity index (χ4v) is 4.59. The van der Waals surface area contributed by atoms with Gasteiger partial charge in [-0.15, -0.1) is 11.8 Å². The molecule has 1 aliphatic heterocycles. The minimum atomic E-state index is -0.534. The van der Waals surface area contributed by atoms with Crippen LogP contribution in [0.25, 0.3) is 0 Å². The zero-order valence-corrected chi connectivity index (χ0v) is 18.2. The first-order chi connectivity index (χ1) is 14.7. The maximum atomic E-state index is 13.2. The summed E-state index contributed by atoms with van der Waals surface area (Å²) >= 11 is 1.64. The average molecular weight is 422 g/mol. The summed E-state index contributed by atoms with van der Waals surface area (Å²) in [6.07, 6.45) is 6.26. The average Bonchev–Trinajstić information content (AvgIpc) is 3.28. The molecule has 0 unspecified atom stereocenters. The number of carbonyl (C=O) groups excluding carboxylic acids is 1. The lowest BCUT2D eigenvalue weighted by molar-refractivity contribution is -0.113. The van der Waals surface area contributed by atoms with Gasteiger partial charge in [0.05, 0.1) is 34.4 Å². The van der Waals surface area contributed by atoms with Crippen LogP contribution >= 0.6 is 11.8 Å². The van der Waals surface area contributed by atoms with Crippen molar-refractivity contribution >= 4 is 23.4 Å². The Bertz CT molecular complexity index is 956. The number of para-hydroxylation sites is 1. The van der Waals surface area contributed by atoms with Crippen molar-refractivity contribution in [2.45, 2.75) is 45.4 Å². The number of carbonyl (C=O) groups is 1. The van der Waals surface area contributed by atoms with Gasteiger partial charge in [0.15, 0.2) is 0 Å². The number of hydrogen-bond acceptors (Lipinski definition) is 5. The zero-order valence-electron chi connectivity index (χ0n) is 17.4. The summed E-state index contributed by atoms with van der Waals surface area (Å²) in [6.45, 7) is 4.07. The third-order valence-corrected chi connectivity index (χ3v) is 6.10. The van der Waals surface area contributed by atoms with Crippen molar-refractivity contribution in [3.05, 3.63) is 76.4 Å². The highest BCUT2D eigenvalue weighted by molar-refractivity contribution is 8.03. The number of anilines is 1. The normalized spacial score (nSPS) is 16.2. The Morgan fingerprint density at radius 2 is 2.00 bits per heavy atom. The molecule has 0 fully saturated rings. The highest BCUT2D eigenvalue weighted by atomic mass is 32.2. The molecule has 1 aromatic heterocycles. The first kappa shape index (κ1) is 21.8. The summed E-state index contributed by atoms with van der Waals surface area (Å²) < 4.78 is 5.65. The second-order valence-electron chi connectivity index (χ2n) is 7.20. The smallest absolute Gasteiger partial charge is 0.254 e. The number of rotatable bonds is 9. The minimum Gasteiger partial charge on any atom is -0.468 e. The number of benzene rings is 1. The first-order valence-corrected chi connectivity index (χ1v) is 11.3. The van der Waals surface area contributed by atoms with Gasteiger partial charge in [-0.25, -0.2) is 0 Å². The van der Waals surface area contributed by atoms with Gasteiger partial charge in [0, 0.05) is 11.4 Å². The van der Waals surface area contributed by atoms with E-state index in [0.717, 1.165) is 22.9 Å². The number of unbranched alkanes of at least 4 members (excludes halogenated alkanes) is 3. The van der Waals surface area contributed by atoms with Crippen LogP contribution in [0.4, 0.5) is 5.69 Å². The summed E-state index contributed by atoms with van der Waals surface area (Å²) in [5, 5.41) is 17.1. The van der Waals surface area contributed by atoms with E-state index in [1.165, 1.54) is 19.3 Å². The van der Waals surface area contributed by atoms with E-state index in [4.69, 9.17) is 4.42 Å². The monoisotopic (exact) mass is 421 g/mol. The van der Waals surface area contributed by atoms with E-state index in [0.29, 0.717) is 22.6 Å². The predicted octanol–water partition coefficient (Wildman–Crippen LogP) is 5.93. The van der Waals surface area contributed by atoms with E-state index in [2.05, 4.69) is 23.6 Å². The van der Waals surface area contributed by atoms with Gasteiger partial charge in [-0.3, -0.25) is 4.79 Å². The molecule has 0 spiro atoms. The molecule has 0 saturated heterocycles. The van der Waals surface area contributed by atoms with Crippen LogP contribution in [0.3, 0.4) is 0 Å². The Labute approximate surface area is 182 Å². The van der Waals surface area contributed by atoms with E-state index >= 15 is 0 Å². The van der Waals surface area contributed by atoms with Crippen molar-refractivity contribution in [2.75, 3.05) is 11.1 Å². The standard InChI is InChI=1S/C24H27N3O2S/c1-3-4-5-9-15-30-24-19(16-25)22(20-13-10-14-29-20)21(17(2)26-24)23(28)27-18-11-7-6-8-12-18/h6-8,10-14,22,26H,3-5,9,15H2,1-2H3,(H,27,28)/t22-/m0/s1. The van der Waals surface area contributed by atoms with Crippen molar-refractivity contribution in [1.29, 1.82) is 5.26 Å². The van der Waals surface area contributed by atoms with Gasteiger partial charge < -0.3 is 15.1 Å². The molecule has 1 aliphatic rings. The number of dihydropyridines is 1. The molecule has 0 saturated carbocycles. The topological polar surface area (TPSA) is 78.1 Å². The molecule has 156 valence electrons. The molecule has 0 radical (unpaired) electrons. The molecule has 30 heavy (non-hydrogen) atoms. The third kappa shape index (κ3) is 5.17. The quantitative estimate of drug-likeness (QED) is 0.491. The Kier molecular flexibility index (Phi) is 7.81. The molecule has 2 N–H and O–H groups in total. The molecular weight excluding hydrogens is 394 g/mol. The van der Waals surface area contributed by atoms with Gasteiger partial charge in [0.25, 0.3) is 5.91 Å². The summed E-state index contributed by atoms with van der Waals surface area (Å²) in [5.74, 6) is 0.743. The van der Waals surface area contributed by atoms with E-state index in [1.54, 1.807) is 24.1 Å².